The first-order valence-corrected chi connectivity index (χ1v) is 7.88. The summed E-state index contributed by atoms with van der Waals surface area (Å²) < 4.78 is 0. The zero-order valence-corrected chi connectivity index (χ0v) is 12.0. The van der Waals surface area contributed by atoms with Gasteiger partial charge in [0.25, 0.3) is 0 Å². The van der Waals surface area contributed by atoms with Gasteiger partial charge in [0, 0.05) is 17.5 Å². The molecule has 1 aromatic rings. The molecule has 0 N–H and O–H groups in total. The van der Waals surface area contributed by atoms with Gasteiger partial charge in [-0.15, -0.1) is 11.8 Å². The lowest BCUT2D eigenvalue weighted by atomic mass is 9.98. The molecule has 2 nitrogen and oxygen atoms in total. The van der Waals surface area contributed by atoms with Gasteiger partial charge in [0.2, 0.25) is 0 Å². The van der Waals surface area contributed by atoms with E-state index < -0.39 is 0 Å². The van der Waals surface area contributed by atoms with E-state index in [1.54, 1.807) is 11.8 Å². The first kappa shape index (κ1) is 13.3. The van der Waals surface area contributed by atoms with E-state index in [-0.39, 0.29) is 0 Å². The maximum absolute atomic E-state index is 9.43. The Labute approximate surface area is 114 Å². The van der Waals surface area contributed by atoms with Crippen molar-refractivity contribution in [2.45, 2.75) is 43.5 Å². The van der Waals surface area contributed by atoms with E-state index in [4.69, 9.17) is 0 Å². The Bertz CT molecular complexity index is 450. The predicted molar refractivity (Wildman–Crippen MR) is 78.2 cm³/mol. The molecule has 0 spiro atoms. The third-order valence-corrected chi connectivity index (χ3v) is 4.52. The molecule has 96 valence electrons. The Morgan fingerprint density at radius 1 is 1.44 bits per heavy atom. The van der Waals surface area contributed by atoms with Crippen LogP contribution in [-0.4, -0.2) is 18.8 Å². The summed E-state index contributed by atoms with van der Waals surface area (Å²) in [6.07, 6.45) is 7.01. The number of piperidine rings is 1. The summed E-state index contributed by atoms with van der Waals surface area (Å²) in [6, 6.07) is 9.21. The van der Waals surface area contributed by atoms with Crippen LogP contribution in [0.3, 0.4) is 0 Å². The number of thioether (sulfide) groups is 1. The van der Waals surface area contributed by atoms with E-state index in [0.29, 0.717) is 6.04 Å². The Kier molecular flexibility index (Phi) is 4.54. The second-order valence-electron chi connectivity index (χ2n) is 4.72. The van der Waals surface area contributed by atoms with Crippen LogP contribution in [0.25, 0.3) is 0 Å². The molecule has 1 aromatic carbocycles. The molecule has 1 saturated heterocycles. The minimum atomic E-state index is 0.600. The molecular formula is C15H20N2S. The number of hydrogen-bond donors (Lipinski definition) is 0. The number of nitrogens with zero attached hydrogens (tertiary/aromatic N) is 2. The third kappa shape index (κ3) is 2.49. The van der Waals surface area contributed by atoms with Gasteiger partial charge in [0.1, 0.15) is 6.07 Å². The summed E-state index contributed by atoms with van der Waals surface area (Å²) in [7, 11) is 0. The van der Waals surface area contributed by atoms with Crippen molar-refractivity contribution < 1.29 is 0 Å². The minimum absolute atomic E-state index is 0.600. The van der Waals surface area contributed by atoms with Crippen molar-refractivity contribution in [1.82, 2.24) is 0 Å². The van der Waals surface area contributed by atoms with Crippen LogP contribution in [0.4, 0.5) is 5.69 Å². The second kappa shape index (κ2) is 6.15. The van der Waals surface area contributed by atoms with Crippen LogP contribution in [-0.2, 0) is 0 Å². The standard InChI is InChI=1S/C15H20N2S/c1-3-12-7-4-5-10-17(12)14-8-6-9-15(18-2)13(14)11-16/h6,8-9,12H,3-5,7,10H2,1-2H3. The van der Waals surface area contributed by atoms with Crippen molar-refractivity contribution >= 4 is 17.4 Å². The van der Waals surface area contributed by atoms with Gasteiger partial charge in [0.15, 0.2) is 0 Å². The molecule has 0 aliphatic carbocycles. The van der Waals surface area contributed by atoms with Crippen LogP contribution in [0.15, 0.2) is 23.1 Å². The molecule has 1 fully saturated rings. The van der Waals surface area contributed by atoms with Gasteiger partial charge in [-0.05, 0) is 44.1 Å². The van der Waals surface area contributed by atoms with Crippen molar-refractivity contribution in [3.8, 4) is 6.07 Å². The van der Waals surface area contributed by atoms with E-state index in [1.807, 2.05) is 12.3 Å². The molecule has 18 heavy (non-hydrogen) atoms. The predicted octanol–water partition coefficient (Wildman–Crippen LogP) is 4.05. The summed E-state index contributed by atoms with van der Waals surface area (Å²) in [5.74, 6) is 0. The molecule has 0 aromatic heterocycles. The molecule has 1 atom stereocenters. The van der Waals surface area contributed by atoms with Crippen LogP contribution in [0.5, 0.6) is 0 Å². The van der Waals surface area contributed by atoms with E-state index in [1.165, 1.54) is 19.3 Å². The molecule has 0 amide bonds. The second-order valence-corrected chi connectivity index (χ2v) is 5.57. The van der Waals surface area contributed by atoms with Gasteiger partial charge in [0.05, 0.1) is 11.3 Å². The van der Waals surface area contributed by atoms with E-state index in [2.05, 4.69) is 30.0 Å². The van der Waals surface area contributed by atoms with Gasteiger partial charge >= 0.3 is 0 Å². The van der Waals surface area contributed by atoms with Gasteiger partial charge in [-0.1, -0.05) is 13.0 Å². The summed E-state index contributed by atoms with van der Waals surface area (Å²) in [5, 5.41) is 9.43. The lowest BCUT2D eigenvalue weighted by Gasteiger charge is -2.37. The Morgan fingerprint density at radius 3 is 2.94 bits per heavy atom. The quantitative estimate of drug-likeness (QED) is 0.767. The number of nitriles is 1. The van der Waals surface area contributed by atoms with Gasteiger partial charge in [-0.2, -0.15) is 5.26 Å². The molecule has 0 bridgehead atoms. The number of anilines is 1. The summed E-state index contributed by atoms with van der Waals surface area (Å²) in [4.78, 5) is 3.54. The normalized spacial score (nSPS) is 19.6. The lowest BCUT2D eigenvalue weighted by molar-refractivity contribution is 0.449. The van der Waals surface area contributed by atoms with Crippen molar-refractivity contribution in [1.29, 1.82) is 5.26 Å². The van der Waals surface area contributed by atoms with E-state index in [0.717, 1.165) is 29.1 Å². The average molecular weight is 260 g/mol. The lowest BCUT2D eigenvalue weighted by Crippen LogP contribution is -2.39. The van der Waals surface area contributed by atoms with Crippen molar-refractivity contribution in [3.05, 3.63) is 23.8 Å². The Morgan fingerprint density at radius 2 is 2.28 bits per heavy atom. The molecular weight excluding hydrogens is 240 g/mol. The van der Waals surface area contributed by atoms with Gasteiger partial charge in [-0.3, -0.25) is 0 Å². The summed E-state index contributed by atoms with van der Waals surface area (Å²) >= 11 is 1.66. The van der Waals surface area contributed by atoms with Crippen LogP contribution in [0.1, 0.15) is 38.2 Å². The van der Waals surface area contributed by atoms with E-state index in [9.17, 15) is 5.26 Å². The van der Waals surface area contributed by atoms with Crippen LogP contribution in [0, 0.1) is 11.3 Å². The fourth-order valence-corrected chi connectivity index (χ4v) is 3.35. The maximum Gasteiger partial charge on any atom is 0.103 e. The Balaban J connectivity index is 2.40. The first-order valence-electron chi connectivity index (χ1n) is 6.65. The molecule has 0 radical (unpaired) electrons. The van der Waals surface area contributed by atoms with Gasteiger partial charge < -0.3 is 4.90 Å². The molecule has 1 heterocycles. The van der Waals surface area contributed by atoms with Crippen molar-refractivity contribution in [2.24, 2.45) is 0 Å². The summed E-state index contributed by atoms with van der Waals surface area (Å²) in [6.45, 7) is 3.33. The highest BCUT2D eigenvalue weighted by atomic mass is 32.2. The van der Waals surface area contributed by atoms with Crippen LogP contribution >= 0.6 is 11.8 Å². The topological polar surface area (TPSA) is 27.0 Å². The molecule has 2 rings (SSSR count). The number of hydrogen-bond acceptors (Lipinski definition) is 3. The first-order chi connectivity index (χ1) is 8.81. The smallest absolute Gasteiger partial charge is 0.103 e. The molecule has 3 heteroatoms. The molecule has 1 aliphatic rings. The monoisotopic (exact) mass is 260 g/mol. The molecule has 0 saturated carbocycles. The van der Waals surface area contributed by atoms with E-state index >= 15 is 0 Å². The van der Waals surface area contributed by atoms with Crippen LogP contribution < -0.4 is 4.90 Å². The van der Waals surface area contributed by atoms with Crippen molar-refractivity contribution in [2.75, 3.05) is 17.7 Å². The fraction of sp³-hybridized carbons (Fsp3) is 0.533. The van der Waals surface area contributed by atoms with Crippen LogP contribution in [0.2, 0.25) is 0 Å². The Hall–Kier alpha value is -1.14. The minimum Gasteiger partial charge on any atom is -0.367 e. The average Bonchev–Trinajstić information content (AvgIpc) is 2.46. The zero-order valence-electron chi connectivity index (χ0n) is 11.1. The highest BCUT2D eigenvalue weighted by Crippen LogP contribution is 2.33. The van der Waals surface area contributed by atoms with Crippen molar-refractivity contribution in [3.63, 3.8) is 0 Å². The number of benzene rings is 1. The fourth-order valence-electron chi connectivity index (χ4n) is 2.78. The zero-order chi connectivity index (χ0) is 13.0. The number of rotatable bonds is 3. The maximum atomic E-state index is 9.43. The summed E-state index contributed by atoms with van der Waals surface area (Å²) in [5.41, 5.74) is 1.99. The van der Waals surface area contributed by atoms with Gasteiger partial charge in [-0.25, -0.2) is 0 Å². The molecule has 1 aliphatic heterocycles. The highest BCUT2D eigenvalue weighted by Gasteiger charge is 2.23. The molecule has 1 unspecified atom stereocenters. The largest absolute Gasteiger partial charge is 0.367 e. The SMILES string of the molecule is CCC1CCCCN1c1cccc(SC)c1C#N. The third-order valence-electron chi connectivity index (χ3n) is 3.74. The highest BCUT2D eigenvalue weighted by molar-refractivity contribution is 7.98.